The molecule has 0 aliphatic heterocycles. The average molecular weight is 256 g/mol. The molecule has 0 bridgehead atoms. The first-order chi connectivity index (χ1) is 7.43. The van der Waals surface area contributed by atoms with Crippen molar-refractivity contribution in [1.82, 2.24) is 0 Å². The van der Waals surface area contributed by atoms with Gasteiger partial charge in [0.15, 0.2) is 0 Å². The molecule has 5 heteroatoms. The molecule has 0 heterocycles. The van der Waals surface area contributed by atoms with Crippen molar-refractivity contribution in [3.63, 3.8) is 0 Å². The van der Waals surface area contributed by atoms with E-state index >= 15 is 0 Å². The van der Waals surface area contributed by atoms with Crippen LogP contribution in [-0.4, -0.2) is 31.3 Å². The average Bonchev–Trinajstić information content (AvgIpc) is 2.29. The molecular weight excluding hydrogens is 236 g/mol. The van der Waals surface area contributed by atoms with E-state index in [-0.39, 0.29) is 0 Å². The van der Waals surface area contributed by atoms with Crippen molar-refractivity contribution in [2.24, 2.45) is 0 Å². The third-order valence-corrected chi connectivity index (χ3v) is 9.38. The molecule has 0 radical (unpaired) electrons. The fourth-order valence-electron chi connectivity index (χ4n) is 1.53. The summed E-state index contributed by atoms with van der Waals surface area (Å²) >= 11 is 0. The quantitative estimate of drug-likeness (QED) is 0.754. The fraction of sp³-hybridized carbons (Fsp3) is 0.455. The van der Waals surface area contributed by atoms with Gasteiger partial charge >= 0.3 is 8.80 Å². The summed E-state index contributed by atoms with van der Waals surface area (Å²) in [7, 11) is -1.11. The summed E-state index contributed by atoms with van der Waals surface area (Å²) in [6, 6.07) is 10.3. The fourth-order valence-corrected chi connectivity index (χ4v) is 7.54. The van der Waals surface area contributed by atoms with E-state index in [1.165, 1.54) is 5.19 Å². The summed E-state index contributed by atoms with van der Waals surface area (Å²) in [5.74, 6) is 0. The van der Waals surface area contributed by atoms with E-state index in [2.05, 4.69) is 25.2 Å². The Hall–Kier alpha value is -0.466. The third kappa shape index (κ3) is 3.26. The Labute approximate surface area is 99.9 Å². The molecule has 0 aromatic heterocycles. The molecule has 1 aromatic carbocycles. The predicted octanol–water partition coefficient (Wildman–Crippen LogP) is 1.98. The predicted molar refractivity (Wildman–Crippen MR) is 70.3 cm³/mol. The summed E-state index contributed by atoms with van der Waals surface area (Å²) < 4.78 is 16.9. The van der Waals surface area contributed by atoms with Crippen molar-refractivity contribution < 1.29 is 13.0 Å². The normalized spacial score (nSPS) is 12.8. The molecule has 0 amide bonds. The van der Waals surface area contributed by atoms with Crippen LogP contribution in [0.4, 0.5) is 0 Å². The Kier molecular flexibility index (Phi) is 4.46. The van der Waals surface area contributed by atoms with Gasteiger partial charge in [0.05, 0.1) is 0 Å². The van der Waals surface area contributed by atoms with Crippen molar-refractivity contribution in [3.05, 3.63) is 30.3 Å². The minimum Gasteiger partial charge on any atom is -0.411 e. The van der Waals surface area contributed by atoms with Gasteiger partial charge in [-0.2, -0.15) is 0 Å². The minimum atomic E-state index is -2.45. The lowest BCUT2D eigenvalue weighted by molar-refractivity contribution is 0.168. The molecule has 0 atom stereocenters. The molecule has 0 N–H and O–H groups in total. The van der Waals surface area contributed by atoms with Crippen molar-refractivity contribution in [2.75, 3.05) is 14.2 Å². The van der Waals surface area contributed by atoms with Crippen molar-refractivity contribution in [1.29, 1.82) is 0 Å². The monoisotopic (exact) mass is 256 g/mol. The zero-order valence-corrected chi connectivity index (χ0v) is 12.6. The highest BCUT2D eigenvalue weighted by Crippen LogP contribution is 2.15. The van der Waals surface area contributed by atoms with E-state index in [0.29, 0.717) is 0 Å². The van der Waals surface area contributed by atoms with Gasteiger partial charge in [-0.25, -0.2) is 0 Å². The zero-order valence-electron chi connectivity index (χ0n) is 10.6. The number of hydrogen-bond donors (Lipinski definition) is 0. The van der Waals surface area contributed by atoms with Gasteiger partial charge in [-0.05, 0) is 18.3 Å². The molecule has 0 fully saturated rings. The van der Waals surface area contributed by atoms with Gasteiger partial charge in [-0.3, -0.25) is 0 Å². The number of hydrogen-bond acceptors (Lipinski definition) is 3. The van der Waals surface area contributed by atoms with E-state index in [0.717, 1.165) is 0 Å². The van der Waals surface area contributed by atoms with E-state index in [9.17, 15) is 0 Å². The molecular formula is C11H20O3Si2. The SMILES string of the molecule is CO[Si](C)(OC)O[Si](C)(C)c1ccccc1. The largest absolute Gasteiger partial charge is 0.486 e. The first-order valence-corrected chi connectivity index (χ1v) is 10.4. The van der Waals surface area contributed by atoms with Crippen molar-refractivity contribution in [2.45, 2.75) is 19.6 Å². The van der Waals surface area contributed by atoms with Crippen LogP contribution in [0.2, 0.25) is 19.6 Å². The molecule has 16 heavy (non-hydrogen) atoms. The lowest BCUT2D eigenvalue weighted by Crippen LogP contribution is -2.55. The summed E-state index contributed by atoms with van der Waals surface area (Å²) in [6.07, 6.45) is 0. The molecule has 0 unspecified atom stereocenters. The first-order valence-electron chi connectivity index (χ1n) is 5.29. The minimum absolute atomic E-state index is 1.25. The molecule has 0 saturated carbocycles. The van der Waals surface area contributed by atoms with Gasteiger partial charge in [-0.1, -0.05) is 30.3 Å². The standard InChI is InChI=1S/C11H20O3Si2/c1-12-16(5,13-2)14-15(3,4)11-9-7-6-8-10-11/h6-10H,1-5H3. The van der Waals surface area contributed by atoms with E-state index in [4.69, 9.17) is 13.0 Å². The van der Waals surface area contributed by atoms with E-state index < -0.39 is 17.1 Å². The van der Waals surface area contributed by atoms with Crippen LogP contribution in [0.3, 0.4) is 0 Å². The molecule has 3 nitrogen and oxygen atoms in total. The summed E-state index contributed by atoms with van der Waals surface area (Å²) in [5.41, 5.74) is 0. The Balaban J connectivity index is 2.87. The molecule has 0 aliphatic carbocycles. The zero-order chi connectivity index (χ0) is 12.2. The Morgan fingerprint density at radius 2 is 1.38 bits per heavy atom. The maximum atomic E-state index is 6.14. The first kappa shape index (κ1) is 13.6. The lowest BCUT2D eigenvalue weighted by Gasteiger charge is -2.32. The van der Waals surface area contributed by atoms with Crippen LogP contribution in [0.5, 0.6) is 0 Å². The maximum absolute atomic E-state index is 6.14. The Morgan fingerprint density at radius 3 is 1.81 bits per heavy atom. The molecule has 90 valence electrons. The Morgan fingerprint density at radius 1 is 0.875 bits per heavy atom. The third-order valence-electron chi connectivity index (χ3n) is 2.65. The molecule has 1 aromatic rings. The smallest absolute Gasteiger partial charge is 0.411 e. The highest BCUT2D eigenvalue weighted by Gasteiger charge is 2.40. The summed E-state index contributed by atoms with van der Waals surface area (Å²) in [5, 5.41) is 1.25. The number of benzene rings is 1. The topological polar surface area (TPSA) is 27.7 Å². The maximum Gasteiger partial charge on any atom is 0.486 e. The van der Waals surface area contributed by atoms with Crippen LogP contribution in [0.15, 0.2) is 30.3 Å². The van der Waals surface area contributed by atoms with Gasteiger partial charge in [0.25, 0.3) is 0 Å². The van der Waals surface area contributed by atoms with Gasteiger partial charge in [0, 0.05) is 20.8 Å². The molecule has 0 saturated heterocycles. The van der Waals surface area contributed by atoms with Crippen LogP contribution in [0.25, 0.3) is 0 Å². The second kappa shape index (κ2) is 5.24. The van der Waals surface area contributed by atoms with Crippen molar-refractivity contribution >= 4 is 22.3 Å². The number of rotatable bonds is 5. The van der Waals surface area contributed by atoms with Gasteiger partial charge in [0.2, 0.25) is 8.32 Å². The van der Waals surface area contributed by atoms with Gasteiger partial charge in [0.1, 0.15) is 0 Å². The van der Waals surface area contributed by atoms with Crippen molar-refractivity contribution in [3.8, 4) is 0 Å². The summed E-state index contributed by atoms with van der Waals surface area (Å²) in [6.45, 7) is 6.24. The lowest BCUT2D eigenvalue weighted by atomic mass is 10.4. The van der Waals surface area contributed by atoms with Gasteiger partial charge in [-0.15, -0.1) is 0 Å². The highest BCUT2D eigenvalue weighted by atomic mass is 28.5. The van der Waals surface area contributed by atoms with Gasteiger partial charge < -0.3 is 13.0 Å². The van der Waals surface area contributed by atoms with Crippen LogP contribution >= 0.6 is 0 Å². The second-order valence-electron chi connectivity index (χ2n) is 4.25. The van der Waals surface area contributed by atoms with Crippen LogP contribution < -0.4 is 5.19 Å². The molecule has 1 rings (SSSR count). The van der Waals surface area contributed by atoms with Crippen LogP contribution in [0, 0.1) is 0 Å². The van der Waals surface area contributed by atoms with E-state index in [1.54, 1.807) is 14.2 Å². The van der Waals surface area contributed by atoms with Crippen LogP contribution in [-0.2, 0) is 13.0 Å². The van der Waals surface area contributed by atoms with Crippen LogP contribution in [0.1, 0.15) is 0 Å². The summed E-state index contributed by atoms with van der Waals surface area (Å²) in [4.78, 5) is 0. The molecule has 0 aliphatic rings. The second-order valence-corrected chi connectivity index (χ2v) is 11.2. The van der Waals surface area contributed by atoms with E-state index in [1.807, 2.05) is 24.7 Å². The molecule has 0 spiro atoms. The highest BCUT2D eigenvalue weighted by molar-refractivity contribution is 6.89. The Bertz CT molecular complexity index is 323.